The Kier molecular flexibility index (Phi) is 3.38. The molecule has 1 unspecified atom stereocenters. The van der Waals surface area contributed by atoms with E-state index in [2.05, 4.69) is 31.0 Å². The number of rotatable bonds is 2. The standard InChI is InChI=1S/C12H13BrN4O/c13-11-7-14-10(6-15-11)9-5-16-17(8-9)12-3-1-2-4-18-12/h5-8,12H,1-4H2. The lowest BCUT2D eigenvalue weighted by molar-refractivity contribution is -0.0394. The minimum Gasteiger partial charge on any atom is -0.357 e. The second-order valence-corrected chi connectivity index (χ2v) is 5.07. The molecular formula is C12H13BrN4O. The quantitative estimate of drug-likeness (QED) is 0.856. The van der Waals surface area contributed by atoms with Gasteiger partial charge in [0.05, 0.1) is 24.3 Å². The molecule has 0 radical (unpaired) electrons. The number of ether oxygens (including phenoxy) is 1. The molecule has 3 rings (SSSR count). The van der Waals surface area contributed by atoms with E-state index in [1.54, 1.807) is 18.6 Å². The van der Waals surface area contributed by atoms with Gasteiger partial charge < -0.3 is 4.74 Å². The third-order valence-electron chi connectivity index (χ3n) is 2.97. The van der Waals surface area contributed by atoms with Crippen LogP contribution < -0.4 is 0 Å². The summed E-state index contributed by atoms with van der Waals surface area (Å²) >= 11 is 3.27. The molecule has 94 valence electrons. The topological polar surface area (TPSA) is 52.8 Å². The lowest BCUT2D eigenvalue weighted by Crippen LogP contribution is -2.18. The summed E-state index contributed by atoms with van der Waals surface area (Å²) in [7, 11) is 0. The molecular weight excluding hydrogens is 296 g/mol. The average Bonchev–Trinajstić information content (AvgIpc) is 2.90. The molecule has 5 nitrogen and oxygen atoms in total. The van der Waals surface area contributed by atoms with Crippen LogP contribution in [0.3, 0.4) is 0 Å². The van der Waals surface area contributed by atoms with Crippen LogP contribution in [0.15, 0.2) is 29.4 Å². The summed E-state index contributed by atoms with van der Waals surface area (Å²) < 4.78 is 8.29. The monoisotopic (exact) mass is 308 g/mol. The molecule has 1 fully saturated rings. The van der Waals surface area contributed by atoms with Crippen LogP contribution in [-0.4, -0.2) is 26.4 Å². The third kappa shape index (κ3) is 2.44. The molecule has 1 saturated heterocycles. The number of aromatic nitrogens is 4. The Hall–Kier alpha value is -1.27. The smallest absolute Gasteiger partial charge is 0.150 e. The van der Waals surface area contributed by atoms with Gasteiger partial charge in [-0.3, -0.25) is 4.98 Å². The highest BCUT2D eigenvalue weighted by molar-refractivity contribution is 9.10. The van der Waals surface area contributed by atoms with Crippen molar-refractivity contribution in [2.45, 2.75) is 25.5 Å². The summed E-state index contributed by atoms with van der Waals surface area (Å²) in [5.41, 5.74) is 1.78. The maximum absolute atomic E-state index is 5.69. The fourth-order valence-corrected chi connectivity index (χ4v) is 2.23. The molecule has 18 heavy (non-hydrogen) atoms. The SMILES string of the molecule is Brc1cnc(-c2cnn(C3CCCCO3)c2)cn1. The van der Waals surface area contributed by atoms with Gasteiger partial charge in [-0.25, -0.2) is 9.67 Å². The molecule has 2 aromatic rings. The van der Waals surface area contributed by atoms with Gasteiger partial charge in [-0.15, -0.1) is 0 Å². The normalized spacial score (nSPS) is 19.9. The molecule has 2 aromatic heterocycles. The fourth-order valence-electron chi connectivity index (χ4n) is 2.02. The zero-order chi connectivity index (χ0) is 12.4. The fraction of sp³-hybridized carbons (Fsp3) is 0.417. The van der Waals surface area contributed by atoms with Crippen LogP contribution in [0.5, 0.6) is 0 Å². The van der Waals surface area contributed by atoms with Gasteiger partial charge in [0.1, 0.15) is 10.8 Å². The van der Waals surface area contributed by atoms with Gasteiger partial charge >= 0.3 is 0 Å². The van der Waals surface area contributed by atoms with Crippen molar-refractivity contribution in [3.63, 3.8) is 0 Å². The molecule has 0 saturated carbocycles. The van der Waals surface area contributed by atoms with Crippen LogP contribution in [0, 0.1) is 0 Å². The Morgan fingerprint density at radius 1 is 1.22 bits per heavy atom. The van der Waals surface area contributed by atoms with Gasteiger partial charge in [-0.2, -0.15) is 5.10 Å². The van der Waals surface area contributed by atoms with Crippen LogP contribution in [-0.2, 0) is 4.74 Å². The Labute approximate surface area is 113 Å². The number of hydrogen-bond acceptors (Lipinski definition) is 4. The van der Waals surface area contributed by atoms with E-state index in [4.69, 9.17) is 4.74 Å². The number of hydrogen-bond donors (Lipinski definition) is 0. The maximum atomic E-state index is 5.69. The molecule has 3 heterocycles. The lowest BCUT2D eigenvalue weighted by Gasteiger charge is -2.22. The van der Waals surface area contributed by atoms with Crippen molar-refractivity contribution < 1.29 is 4.74 Å². The zero-order valence-electron chi connectivity index (χ0n) is 9.79. The van der Waals surface area contributed by atoms with E-state index in [-0.39, 0.29) is 6.23 Å². The van der Waals surface area contributed by atoms with Crippen LogP contribution in [0.25, 0.3) is 11.3 Å². The highest BCUT2D eigenvalue weighted by Gasteiger charge is 2.16. The summed E-state index contributed by atoms with van der Waals surface area (Å²) in [4.78, 5) is 8.47. The molecule has 0 bridgehead atoms. The maximum Gasteiger partial charge on any atom is 0.150 e. The molecule has 1 aliphatic heterocycles. The number of halogens is 1. The van der Waals surface area contributed by atoms with Crippen LogP contribution in [0.2, 0.25) is 0 Å². The highest BCUT2D eigenvalue weighted by atomic mass is 79.9. The minimum atomic E-state index is 0.0657. The van der Waals surface area contributed by atoms with Gasteiger partial charge in [0.25, 0.3) is 0 Å². The predicted octanol–water partition coefficient (Wildman–Crippen LogP) is 2.80. The first-order valence-corrected chi connectivity index (χ1v) is 6.76. The summed E-state index contributed by atoms with van der Waals surface area (Å²) in [5, 5.41) is 4.35. The first-order valence-electron chi connectivity index (χ1n) is 5.96. The minimum absolute atomic E-state index is 0.0657. The molecule has 0 aromatic carbocycles. The Balaban J connectivity index is 1.82. The molecule has 1 aliphatic rings. The van der Waals surface area contributed by atoms with Gasteiger partial charge in [0, 0.05) is 18.4 Å². The van der Waals surface area contributed by atoms with Crippen molar-refractivity contribution in [2.75, 3.05) is 6.61 Å². The molecule has 1 atom stereocenters. The van der Waals surface area contributed by atoms with Gasteiger partial charge in [0.15, 0.2) is 0 Å². The Morgan fingerprint density at radius 2 is 2.17 bits per heavy atom. The van der Waals surface area contributed by atoms with Crippen molar-refractivity contribution in [2.24, 2.45) is 0 Å². The van der Waals surface area contributed by atoms with Gasteiger partial charge in [0.2, 0.25) is 0 Å². The summed E-state index contributed by atoms with van der Waals surface area (Å²) in [6, 6.07) is 0. The van der Waals surface area contributed by atoms with E-state index in [0.717, 1.165) is 35.3 Å². The molecule has 0 aliphatic carbocycles. The van der Waals surface area contributed by atoms with E-state index in [1.165, 1.54) is 6.42 Å². The summed E-state index contributed by atoms with van der Waals surface area (Å²) in [6.07, 6.45) is 10.6. The molecule has 0 spiro atoms. The second-order valence-electron chi connectivity index (χ2n) is 4.25. The van der Waals surface area contributed by atoms with Gasteiger partial charge in [-0.05, 0) is 35.2 Å². The largest absolute Gasteiger partial charge is 0.357 e. The van der Waals surface area contributed by atoms with E-state index >= 15 is 0 Å². The first-order chi connectivity index (χ1) is 8.83. The third-order valence-corrected chi connectivity index (χ3v) is 3.38. The van der Waals surface area contributed by atoms with Crippen molar-refractivity contribution >= 4 is 15.9 Å². The first kappa shape index (κ1) is 11.8. The zero-order valence-corrected chi connectivity index (χ0v) is 11.4. The number of nitrogens with zero attached hydrogens (tertiary/aromatic N) is 4. The highest BCUT2D eigenvalue weighted by Crippen LogP contribution is 2.24. The van der Waals surface area contributed by atoms with Crippen LogP contribution >= 0.6 is 15.9 Å². The van der Waals surface area contributed by atoms with Crippen molar-refractivity contribution in [1.82, 2.24) is 19.7 Å². The van der Waals surface area contributed by atoms with E-state index in [9.17, 15) is 0 Å². The Bertz CT molecular complexity index is 519. The average molecular weight is 309 g/mol. The Morgan fingerprint density at radius 3 is 2.89 bits per heavy atom. The van der Waals surface area contributed by atoms with Crippen molar-refractivity contribution in [1.29, 1.82) is 0 Å². The van der Waals surface area contributed by atoms with Gasteiger partial charge in [-0.1, -0.05) is 0 Å². The molecule has 0 amide bonds. The van der Waals surface area contributed by atoms with E-state index < -0.39 is 0 Å². The molecule has 6 heteroatoms. The van der Waals surface area contributed by atoms with Crippen LogP contribution in [0.1, 0.15) is 25.5 Å². The van der Waals surface area contributed by atoms with E-state index in [0.29, 0.717) is 0 Å². The van der Waals surface area contributed by atoms with E-state index in [1.807, 2.05) is 10.9 Å². The lowest BCUT2D eigenvalue weighted by atomic mass is 10.2. The van der Waals surface area contributed by atoms with Crippen molar-refractivity contribution in [3.05, 3.63) is 29.4 Å². The molecule has 0 N–H and O–H groups in total. The predicted molar refractivity (Wildman–Crippen MR) is 69.8 cm³/mol. The van der Waals surface area contributed by atoms with Crippen LogP contribution in [0.4, 0.5) is 0 Å². The second kappa shape index (κ2) is 5.16. The summed E-state index contributed by atoms with van der Waals surface area (Å²) in [5.74, 6) is 0. The summed E-state index contributed by atoms with van der Waals surface area (Å²) in [6.45, 7) is 0.817. The van der Waals surface area contributed by atoms with Crippen molar-refractivity contribution in [3.8, 4) is 11.3 Å².